The van der Waals surface area contributed by atoms with E-state index in [-0.39, 0.29) is 12.0 Å². The van der Waals surface area contributed by atoms with Crippen LogP contribution in [0.2, 0.25) is 0 Å². The van der Waals surface area contributed by atoms with Gasteiger partial charge in [0.2, 0.25) is 5.91 Å². The van der Waals surface area contributed by atoms with E-state index >= 15 is 0 Å². The number of nitrogens with zero attached hydrogens (tertiary/aromatic N) is 3. The van der Waals surface area contributed by atoms with Crippen LogP contribution in [-0.4, -0.2) is 51.4 Å². The van der Waals surface area contributed by atoms with Crippen LogP contribution in [0.1, 0.15) is 24.2 Å². The van der Waals surface area contributed by atoms with Crippen molar-refractivity contribution in [1.29, 1.82) is 0 Å². The van der Waals surface area contributed by atoms with Gasteiger partial charge in [0.05, 0.1) is 35.4 Å². The number of carbonyl (C=O) groups is 1. The zero-order valence-corrected chi connectivity index (χ0v) is 14.2. The van der Waals surface area contributed by atoms with Gasteiger partial charge in [0.25, 0.3) is 0 Å². The second kappa shape index (κ2) is 7.15. The van der Waals surface area contributed by atoms with Gasteiger partial charge >= 0.3 is 0 Å². The molecule has 1 fully saturated rings. The summed E-state index contributed by atoms with van der Waals surface area (Å²) >= 11 is 0. The molecule has 0 unspecified atom stereocenters. The summed E-state index contributed by atoms with van der Waals surface area (Å²) in [7, 11) is 0. The van der Waals surface area contributed by atoms with Crippen molar-refractivity contribution in [2.24, 2.45) is 0 Å². The lowest BCUT2D eigenvalue weighted by atomic mass is 10.1. The minimum absolute atomic E-state index is 0.0369. The maximum atomic E-state index is 12.4. The molecule has 24 heavy (non-hydrogen) atoms. The van der Waals surface area contributed by atoms with Gasteiger partial charge in [-0.25, -0.2) is 4.68 Å². The SMILES string of the molecule is Cc1nn(-c2ccccc2)c(C)c1NC(=O)CN1CCC(O)CC1. The van der Waals surface area contributed by atoms with Gasteiger partial charge in [-0.15, -0.1) is 0 Å². The van der Waals surface area contributed by atoms with Crippen molar-refractivity contribution < 1.29 is 9.90 Å². The van der Waals surface area contributed by atoms with Crippen LogP contribution < -0.4 is 5.32 Å². The Balaban J connectivity index is 1.69. The van der Waals surface area contributed by atoms with Crippen molar-refractivity contribution in [2.75, 3.05) is 25.0 Å². The average molecular weight is 328 g/mol. The number of anilines is 1. The van der Waals surface area contributed by atoms with Gasteiger partial charge in [-0.3, -0.25) is 9.69 Å². The first-order valence-corrected chi connectivity index (χ1v) is 8.36. The van der Waals surface area contributed by atoms with Gasteiger partial charge in [-0.1, -0.05) is 18.2 Å². The van der Waals surface area contributed by atoms with Gasteiger partial charge < -0.3 is 10.4 Å². The third kappa shape index (κ3) is 3.66. The molecule has 2 aromatic rings. The molecule has 0 aliphatic carbocycles. The van der Waals surface area contributed by atoms with Gasteiger partial charge in [0.1, 0.15) is 0 Å². The van der Waals surface area contributed by atoms with Crippen LogP contribution in [0, 0.1) is 13.8 Å². The molecule has 1 aliphatic heterocycles. The van der Waals surface area contributed by atoms with E-state index in [0.717, 1.165) is 48.7 Å². The van der Waals surface area contributed by atoms with Crippen molar-refractivity contribution in [1.82, 2.24) is 14.7 Å². The van der Waals surface area contributed by atoms with Crippen LogP contribution in [0.3, 0.4) is 0 Å². The minimum atomic E-state index is -0.224. The number of likely N-dealkylation sites (tertiary alicyclic amines) is 1. The molecular formula is C18H24N4O2. The molecule has 6 nitrogen and oxygen atoms in total. The Bertz CT molecular complexity index is 703. The fourth-order valence-corrected chi connectivity index (χ4v) is 3.10. The van der Waals surface area contributed by atoms with Crippen molar-refractivity contribution in [3.8, 4) is 5.69 Å². The van der Waals surface area contributed by atoms with Crippen LogP contribution >= 0.6 is 0 Å². The van der Waals surface area contributed by atoms with Gasteiger partial charge in [0, 0.05) is 13.1 Å². The second-order valence-corrected chi connectivity index (χ2v) is 6.35. The molecule has 0 bridgehead atoms. The topological polar surface area (TPSA) is 70.4 Å². The third-order valence-corrected chi connectivity index (χ3v) is 4.48. The highest BCUT2D eigenvalue weighted by Crippen LogP contribution is 2.22. The molecule has 1 amide bonds. The van der Waals surface area contributed by atoms with E-state index in [1.165, 1.54) is 0 Å². The summed E-state index contributed by atoms with van der Waals surface area (Å²) in [5, 5.41) is 17.1. The highest BCUT2D eigenvalue weighted by atomic mass is 16.3. The molecule has 2 N–H and O–H groups in total. The Labute approximate surface area is 142 Å². The van der Waals surface area contributed by atoms with Crippen molar-refractivity contribution in [3.63, 3.8) is 0 Å². The molecule has 128 valence electrons. The fraction of sp³-hybridized carbons (Fsp3) is 0.444. The van der Waals surface area contributed by atoms with Crippen molar-refractivity contribution in [2.45, 2.75) is 32.8 Å². The Kier molecular flexibility index (Phi) is 4.97. The van der Waals surface area contributed by atoms with Crippen LogP contribution in [0.4, 0.5) is 5.69 Å². The lowest BCUT2D eigenvalue weighted by molar-refractivity contribution is -0.117. The normalized spacial score (nSPS) is 16.3. The first-order valence-electron chi connectivity index (χ1n) is 8.36. The number of para-hydroxylation sites is 1. The number of piperidine rings is 1. The van der Waals surface area contributed by atoms with Crippen molar-refractivity contribution >= 4 is 11.6 Å². The van der Waals surface area contributed by atoms with E-state index in [0.29, 0.717) is 6.54 Å². The number of carbonyl (C=O) groups excluding carboxylic acids is 1. The summed E-state index contributed by atoms with van der Waals surface area (Å²) in [6.07, 6.45) is 1.24. The summed E-state index contributed by atoms with van der Waals surface area (Å²) < 4.78 is 1.85. The number of aliphatic hydroxyl groups is 1. The molecule has 0 saturated carbocycles. The number of aryl methyl sites for hydroxylation is 1. The smallest absolute Gasteiger partial charge is 0.238 e. The second-order valence-electron chi connectivity index (χ2n) is 6.35. The summed E-state index contributed by atoms with van der Waals surface area (Å²) in [6.45, 7) is 5.73. The molecule has 0 radical (unpaired) electrons. The quantitative estimate of drug-likeness (QED) is 0.899. The Morgan fingerprint density at radius 3 is 2.58 bits per heavy atom. The molecule has 1 aliphatic rings. The fourth-order valence-electron chi connectivity index (χ4n) is 3.10. The van der Waals surface area contributed by atoms with Crippen LogP contribution in [0.5, 0.6) is 0 Å². The van der Waals surface area contributed by atoms with Gasteiger partial charge in [-0.05, 0) is 38.8 Å². The number of nitrogens with one attached hydrogen (secondary N) is 1. The molecule has 0 atom stereocenters. The maximum absolute atomic E-state index is 12.4. The third-order valence-electron chi connectivity index (χ3n) is 4.48. The number of amides is 1. The Hall–Kier alpha value is -2.18. The lowest BCUT2D eigenvalue weighted by Gasteiger charge is -2.28. The lowest BCUT2D eigenvalue weighted by Crippen LogP contribution is -2.40. The van der Waals surface area contributed by atoms with Gasteiger partial charge in [0.15, 0.2) is 0 Å². The van der Waals surface area contributed by atoms with E-state index in [1.807, 2.05) is 48.9 Å². The molecule has 0 spiro atoms. The Morgan fingerprint density at radius 2 is 1.92 bits per heavy atom. The average Bonchev–Trinajstić information content (AvgIpc) is 2.86. The van der Waals surface area contributed by atoms with Crippen LogP contribution in [0.15, 0.2) is 30.3 Å². The Morgan fingerprint density at radius 1 is 1.25 bits per heavy atom. The monoisotopic (exact) mass is 328 g/mol. The molecule has 1 saturated heterocycles. The standard InChI is InChI=1S/C18H24N4O2/c1-13-18(14(2)22(20-13)15-6-4-3-5-7-15)19-17(24)12-21-10-8-16(23)9-11-21/h3-7,16,23H,8-12H2,1-2H3,(H,19,24). The number of hydrogen-bond donors (Lipinski definition) is 2. The zero-order chi connectivity index (χ0) is 17.1. The van der Waals surface area contributed by atoms with Crippen molar-refractivity contribution in [3.05, 3.63) is 41.7 Å². The molecular weight excluding hydrogens is 304 g/mol. The van der Waals surface area contributed by atoms with E-state index < -0.39 is 0 Å². The van der Waals surface area contributed by atoms with E-state index in [4.69, 9.17) is 0 Å². The molecule has 6 heteroatoms. The highest BCUT2D eigenvalue weighted by molar-refractivity contribution is 5.93. The van der Waals surface area contributed by atoms with Crippen LogP contribution in [-0.2, 0) is 4.79 Å². The van der Waals surface area contributed by atoms with Gasteiger partial charge in [-0.2, -0.15) is 5.10 Å². The number of rotatable bonds is 4. The summed E-state index contributed by atoms with van der Waals surface area (Å²) in [5.74, 6) is -0.0369. The number of aromatic nitrogens is 2. The molecule has 2 heterocycles. The molecule has 1 aromatic heterocycles. The maximum Gasteiger partial charge on any atom is 0.238 e. The van der Waals surface area contributed by atoms with E-state index in [1.54, 1.807) is 0 Å². The number of aliphatic hydroxyl groups excluding tert-OH is 1. The molecule has 1 aromatic carbocycles. The summed E-state index contributed by atoms with van der Waals surface area (Å²) in [5.41, 5.74) is 3.48. The minimum Gasteiger partial charge on any atom is -0.393 e. The first-order chi connectivity index (χ1) is 11.5. The number of benzene rings is 1. The first kappa shape index (κ1) is 16.7. The highest BCUT2D eigenvalue weighted by Gasteiger charge is 2.20. The summed E-state index contributed by atoms with van der Waals surface area (Å²) in [6, 6.07) is 9.88. The summed E-state index contributed by atoms with van der Waals surface area (Å²) in [4.78, 5) is 14.4. The number of hydrogen-bond acceptors (Lipinski definition) is 4. The largest absolute Gasteiger partial charge is 0.393 e. The predicted octanol–water partition coefficient (Wildman–Crippen LogP) is 1.88. The molecule has 3 rings (SSSR count). The van der Waals surface area contributed by atoms with E-state index in [2.05, 4.69) is 15.3 Å². The van der Waals surface area contributed by atoms with Crippen LogP contribution in [0.25, 0.3) is 5.69 Å². The predicted molar refractivity (Wildman–Crippen MR) is 93.3 cm³/mol. The zero-order valence-electron chi connectivity index (χ0n) is 14.2. The van der Waals surface area contributed by atoms with E-state index in [9.17, 15) is 9.90 Å².